The summed E-state index contributed by atoms with van der Waals surface area (Å²) < 4.78 is 0. The fourth-order valence-electron chi connectivity index (χ4n) is 2.89. The van der Waals surface area contributed by atoms with Crippen LogP contribution in [0.2, 0.25) is 0 Å². The third-order valence-electron chi connectivity index (χ3n) is 4.24. The number of guanidine groups is 2. The topological polar surface area (TPSA) is 110 Å². The summed E-state index contributed by atoms with van der Waals surface area (Å²) in [5, 5.41) is 2.92. The highest BCUT2D eigenvalue weighted by atomic mass is 15.5. The Morgan fingerprint density at radius 3 is 2.06 bits per heavy atom. The summed E-state index contributed by atoms with van der Waals surface area (Å²) in [5.41, 5.74) is 9.81. The molecule has 0 aromatic rings. The van der Waals surface area contributed by atoms with Crippen LogP contribution in [0.3, 0.4) is 0 Å². The summed E-state index contributed by atoms with van der Waals surface area (Å²) in [6.45, 7) is 0. The van der Waals surface area contributed by atoms with E-state index < -0.39 is 0 Å². The molecule has 0 aromatic heterocycles. The van der Waals surface area contributed by atoms with E-state index in [1.807, 2.05) is 79.2 Å². The van der Waals surface area contributed by atoms with E-state index in [1.54, 1.807) is 6.21 Å². The smallest absolute Gasteiger partial charge is 0.253 e. The number of nitrogens with zero attached hydrogens (tertiary/aromatic N) is 6. The second-order valence-electron chi connectivity index (χ2n) is 6.57. The van der Waals surface area contributed by atoms with Crippen molar-refractivity contribution < 1.29 is 0 Å². The predicted molar refractivity (Wildman–Crippen MR) is 125 cm³/mol. The summed E-state index contributed by atoms with van der Waals surface area (Å²) in [4.78, 5) is 26.2. The van der Waals surface area contributed by atoms with Crippen molar-refractivity contribution >= 4 is 35.4 Å². The fourth-order valence-corrected chi connectivity index (χ4v) is 2.89. The lowest BCUT2D eigenvalue weighted by Gasteiger charge is -1.95. The van der Waals surface area contributed by atoms with Gasteiger partial charge in [-0.05, 0) is 48.6 Å². The minimum atomic E-state index is 0.342. The van der Waals surface area contributed by atoms with Crippen LogP contribution in [0.25, 0.3) is 0 Å². The monoisotopic (exact) mass is 407 g/mol. The van der Waals surface area contributed by atoms with Gasteiger partial charge in [0.2, 0.25) is 5.96 Å². The van der Waals surface area contributed by atoms with E-state index in [-0.39, 0.29) is 0 Å². The maximum Gasteiger partial charge on any atom is 0.253 e. The Morgan fingerprint density at radius 1 is 0.581 bits per heavy atom. The second kappa shape index (κ2) is 8.37. The van der Waals surface area contributed by atoms with Gasteiger partial charge in [0.05, 0.1) is 34.7 Å². The number of aliphatic imine (C=N–C) groups is 6. The van der Waals surface area contributed by atoms with Crippen molar-refractivity contribution in [1.29, 1.82) is 0 Å². The molecular weight excluding hydrogens is 390 g/mol. The van der Waals surface area contributed by atoms with Crippen molar-refractivity contribution in [2.45, 2.75) is 0 Å². The molecule has 0 aromatic carbocycles. The highest BCUT2D eigenvalue weighted by Gasteiger charge is 2.14. The summed E-state index contributed by atoms with van der Waals surface area (Å²) in [7, 11) is 0. The molecule has 0 atom stereocenters. The van der Waals surface area contributed by atoms with Crippen LogP contribution < -0.4 is 16.2 Å². The van der Waals surface area contributed by atoms with Crippen LogP contribution in [-0.2, 0) is 0 Å². The Morgan fingerprint density at radius 2 is 1.29 bits per heavy atom. The lowest BCUT2D eigenvalue weighted by molar-refractivity contribution is 0.899. The zero-order chi connectivity index (χ0) is 20.9. The lowest BCUT2D eigenvalue weighted by atomic mass is 10.3. The molecule has 0 spiro atoms. The first kappa shape index (κ1) is 18.4. The number of hydrogen-bond acceptors (Lipinski definition) is 9. The Bertz CT molecular complexity index is 1220. The summed E-state index contributed by atoms with van der Waals surface area (Å²) in [6.07, 6.45) is 26.6. The normalized spacial score (nSPS) is 21.2. The molecule has 150 valence electrons. The summed E-state index contributed by atoms with van der Waals surface area (Å²) in [6, 6.07) is 0. The van der Waals surface area contributed by atoms with Crippen molar-refractivity contribution in [3.63, 3.8) is 0 Å². The minimum Gasteiger partial charge on any atom is -0.368 e. The molecule has 6 aliphatic rings. The number of rotatable bonds is 0. The molecule has 9 nitrogen and oxygen atoms in total. The van der Waals surface area contributed by atoms with Crippen LogP contribution in [-0.4, -0.2) is 35.4 Å². The van der Waals surface area contributed by atoms with Gasteiger partial charge in [0.15, 0.2) is 5.84 Å². The van der Waals surface area contributed by atoms with Crippen molar-refractivity contribution in [3.05, 3.63) is 96.3 Å². The molecular formula is C22H17N9. The first-order valence-corrected chi connectivity index (χ1v) is 9.55. The number of hydrazine groups is 1. The number of nitrogens with one attached hydrogen (secondary N) is 3. The zero-order valence-corrected chi connectivity index (χ0v) is 16.3. The number of fused-ring (bicyclic) bond motifs is 4. The molecule has 0 saturated heterocycles. The molecule has 9 heteroatoms. The number of amidine groups is 1. The quantitative estimate of drug-likeness (QED) is 0.572. The lowest BCUT2D eigenvalue weighted by Crippen LogP contribution is -2.32. The largest absolute Gasteiger partial charge is 0.368 e. The van der Waals surface area contributed by atoms with Crippen LogP contribution in [0, 0.1) is 0 Å². The maximum atomic E-state index is 4.53. The van der Waals surface area contributed by atoms with Gasteiger partial charge in [-0.25, -0.2) is 20.0 Å². The third kappa shape index (κ3) is 4.67. The van der Waals surface area contributed by atoms with E-state index in [4.69, 9.17) is 0 Å². The highest BCUT2D eigenvalue weighted by molar-refractivity contribution is 6.16. The van der Waals surface area contributed by atoms with Gasteiger partial charge in [-0.2, -0.15) is 9.98 Å². The molecule has 0 radical (unpaired) electrons. The van der Waals surface area contributed by atoms with Crippen molar-refractivity contribution in [2.24, 2.45) is 30.0 Å². The highest BCUT2D eigenvalue weighted by Crippen LogP contribution is 2.16. The maximum absolute atomic E-state index is 4.53. The molecule has 6 heterocycles. The molecule has 6 aliphatic heterocycles. The van der Waals surface area contributed by atoms with Gasteiger partial charge >= 0.3 is 0 Å². The zero-order valence-electron chi connectivity index (χ0n) is 16.3. The Hall–Kier alpha value is -4.66. The van der Waals surface area contributed by atoms with Gasteiger partial charge in [-0.3, -0.25) is 10.9 Å². The van der Waals surface area contributed by atoms with Gasteiger partial charge in [0, 0.05) is 18.5 Å². The van der Waals surface area contributed by atoms with Gasteiger partial charge in [0.1, 0.15) is 0 Å². The molecule has 0 amide bonds. The molecule has 31 heavy (non-hydrogen) atoms. The van der Waals surface area contributed by atoms with Gasteiger partial charge in [-0.15, -0.1) is 0 Å². The van der Waals surface area contributed by atoms with Crippen LogP contribution in [0.4, 0.5) is 0 Å². The SMILES string of the molecule is C1=CC2=NC1=CC1=NC(=NC3=NC(=CC4=NC(=C2)C=C4)C=N3)NN1.C1=CC=CNC=C1. The summed E-state index contributed by atoms with van der Waals surface area (Å²) >= 11 is 0. The Balaban J connectivity index is 0.000000250. The van der Waals surface area contributed by atoms with Crippen LogP contribution >= 0.6 is 0 Å². The molecule has 3 N–H and O–H groups in total. The second-order valence-corrected chi connectivity index (χ2v) is 6.57. The van der Waals surface area contributed by atoms with Crippen molar-refractivity contribution in [3.8, 4) is 0 Å². The molecule has 8 bridgehead atoms. The first-order chi connectivity index (χ1) is 15.3. The van der Waals surface area contributed by atoms with Gasteiger partial charge < -0.3 is 5.32 Å². The van der Waals surface area contributed by atoms with E-state index in [0.717, 1.165) is 22.8 Å². The third-order valence-corrected chi connectivity index (χ3v) is 4.24. The van der Waals surface area contributed by atoms with E-state index in [2.05, 4.69) is 46.1 Å². The van der Waals surface area contributed by atoms with E-state index in [1.165, 1.54) is 0 Å². The van der Waals surface area contributed by atoms with Crippen LogP contribution in [0.15, 0.2) is 126 Å². The Labute approximate surface area is 178 Å². The van der Waals surface area contributed by atoms with E-state index in [0.29, 0.717) is 23.5 Å². The van der Waals surface area contributed by atoms with Gasteiger partial charge in [-0.1, -0.05) is 12.2 Å². The summed E-state index contributed by atoms with van der Waals surface area (Å²) in [5.74, 6) is 1.37. The van der Waals surface area contributed by atoms with Gasteiger partial charge in [0.25, 0.3) is 5.96 Å². The molecule has 6 rings (SSSR count). The molecule has 0 unspecified atom stereocenters. The molecule has 0 fully saturated rings. The minimum absolute atomic E-state index is 0.342. The Kier molecular flexibility index (Phi) is 4.96. The number of allylic oxidation sites excluding steroid dienone is 11. The molecule has 0 saturated carbocycles. The standard InChI is InChI=1S/C16H10N8.C6H7N/c1-2-11-6-13-8-17-15(20-13)22-16-21-14(23-24-16)7-12-4-3-10(19-12)5-9(1)18-11;1-2-4-6-7-5-3-1/h1-8H,(H2,17,20,21,22,23,24);1-7H. The van der Waals surface area contributed by atoms with Crippen molar-refractivity contribution in [2.75, 3.05) is 0 Å². The predicted octanol–water partition coefficient (Wildman–Crippen LogP) is 2.15. The van der Waals surface area contributed by atoms with Crippen molar-refractivity contribution in [1.82, 2.24) is 16.2 Å². The van der Waals surface area contributed by atoms with Crippen LogP contribution in [0.5, 0.6) is 0 Å². The number of hydrogen-bond donors (Lipinski definition) is 3. The van der Waals surface area contributed by atoms with E-state index in [9.17, 15) is 0 Å². The van der Waals surface area contributed by atoms with E-state index >= 15 is 0 Å². The first-order valence-electron chi connectivity index (χ1n) is 9.55. The van der Waals surface area contributed by atoms with Crippen LogP contribution in [0.1, 0.15) is 0 Å². The average Bonchev–Trinajstić information content (AvgIpc) is 3.53. The fraction of sp³-hybridized carbons (Fsp3) is 0. The average molecular weight is 407 g/mol. The molecule has 0 aliphatic carbocycles.